The first-order valence-corrected chi connectivity index (χ1v) is 8.01. The molecule has 1 heterocycles. The molecule has 0 aliphatic heterocycles. The normalized spacial score (nSPS) is 10.5. The second-order valence-corrected chi connectivity index (χ2v) is 5.65. The summed E-state index contributed by atoms with van der Waals surface area (Å²) in [6.45, 7) is 0.931. The van der Waals surface area contributed by atoms with Crippen molar-refractivity contribution in [2.24, 2.45) is 0 Å². The highest BCUT2D eigenvalue weighted by Crippen LogP contribution is 2.23. The van der Waals surface area contributed by atoms with Crippen molar-refractivity contribution < 1.29 is 5.11 Å². The van der Waals surface area contributed by atoms with Crippen LogP contribution in [0.1, 0.15) is 23.4 Å². The summed E-state index contributed by atoms with van der Waals surface area (Å²) in [6, 6.07) is 18.1. The number of nitrogens with zero attached hydrogens (tertiary/aromatic N) is 3. The van der Waals surface area contributed by atoms with Crippen molar-refractivity contribution in [3.8, 4) is 17.2 Å². The lowest BCUT2D eigenvalue weighted by molar-refractivity contribution is 0.287. The van der Waals surface area contributed by atoms with Gasteiger partial charge in [-0.1, -0.05) is 42.5 Å². The molecule has 0 aliphatic rings. The molecule has 0 bridgehead atoms. The van der Waals surface area contributed by atoms with Crippen LogP contribution >= 0.6 is 0 Å². The van der Waals surface area contributed by atoms with E-state index in [1.807, 2.05) is 30.5 Å². The lowest BCUT2D eigenvalue weighted by Gasteiger charge is -2.09. The molecule has 4 nitrogen and oxygen atoms in total. The Labute approximate surface area is 141 Å². The van der Waals surface area contributed by atoms with Crippen LogP contribution in [-0.2, 0) is 13.0 Å². The average molecular weight is 317 g/mol. The molecular formula is C20H19N3O. The van der Waals surface area contributed by atoms with Crippen LogP contribution < -0.4 is 0 Å². The third-order valence-corrected chi connectivity index (χ3v) is 4.03. The molecule has 0 spiro atoms. The van der Waals surface area contributed by atoms with Crippen molar-refractivity contribution in [3.63, 3.8) is 0 Å². The van der Waals surface area contributed by atoms with Crippen molar-refractivity contribution in [2.75, 3.05) is 6.61 Å². The van der Waals surface area contributed by atoms with Crippen molar-refractivity contribution in [3.05, 3.63) is 77.9 Å². The fraction of sp³-hybridized carbons (Fsp3) is 0.200. The summed E-state index contributed by atoms with van der Waals surface area (Å²) in [5, 5.41) is 18.2. The van der Waals surface area contributed by atoms with E-state index >= 15 is 0 Å². The van der Waals surface area contributed by atoms with Gasteiger partial charge in [0.05, 0.1) is 11.6 Å². The van der Waals surface area contributed by atoms with E-state index in [0.717, 1.165) is 36.3 Å². The molecule has 3 rings (SSSR count). The molecule has 0 atom stereocenters. The Balaban J connectivity index is 1.78. The topological polar surface area (TPSA) is 61.8 Å². The Kier molecular flexibility index (Phi) is 5.05. The summed E-state index contributed by atoms with van der Waals surface area (Å²) in [4.78, 5) is 4.35. The summed E-state index contributed by atoms with van der Waals surface area (Å²) in [5.41, 5.74) is 3.86. The summed E-state index contributed by atoms with van der Waals surface area (Å²) in [6.07, 6.45) is 5.26. The van der Waals surface area contributed by atoms with E-state index in [4.69, 9.17) is 5.11 Å². The molecule has 0 radical (unpaired) electrons. The third kappa shape index (κ3) is 3.53. The van der Waals surface area contributed by atoms with Gasteiger partial charge in [0.2, 0.25) is 0 Å². The fourth-order valence-corrected chi connectivity index (χ4v) is 2.77. The summed E-state index contributed by atoms with van der Waals surface area (Å²) < 4.78 is 2.11. The van der Waals surface area contributed by atoms with Gasteiger partial charge in [0.15, 0.2) is 0 Å². The van der Waals surface area contributed by atoms with Crippen LogP contribution in [-0.4, -0.2) is 21.3 Å². The van der Waals surface area contributed by atoms with Gasteiger partial charge in [0.25, 0.3) is 0 Å². The van der Waals surface area contributed by atoms with Crippen LogP contribution in [0.4, 0.5) is 0 Å². The molecule has 0 saturated heterocycles. The maximum absolute atomic E-state index is 9.23. The number of imidazole rings is 1. The molecule has 24 heavy (non-hydrogen) atoms. The first kappa shape index (κ1) is 16.0. The molecule has 4 heteroatoms. The summed E-state index contributed by atoms with van der Waals surface area (Å²) in [5.74, 6) is 0.989. The third-order valence-electron chi connectivity index (χ3n) is 4.03. The van der Waals surface area contributed by atoms with Crippen LogP contribution in [0.15, 0.2) is 60.9 Å². The molecular weight excluding hydrogens is 298 g/mol. The largest absolute Gasteiger partial charge is 0.396 e. The minimum Gasteiger partial charge on any atom is -0.396 e. The molecule has 0 saturated carbocycles. The SMILES string of the molecule is N#Cc1ccccc1-c1ccc(Cn2ccnc2CCCO)cc1. The fourth-order valence-electron chi connectivity index (χ4n) is 2.77. The molecule has 0 fully saturated rings. The van der Waals surface area contributed by atoms with Gasteiger partial charge in [-0.3, -0.25) is 0 Å². The molecule has 120 valence electrons. The molecule has 1 aromatic heterocycles. The van der Waals surface area contributed by atoms with Crippen LogP contribution in [0.2, 0.25) is 0 Å². The lowest BCUT2D eigenvalue weighted by Crippen LogP contribution is -2.05. The molecule has 0 aliphatic carbocycles. The minimum absolute atomic E-state index is 0.180. The van der Waals surface area contributed by atoms with E-state index in [1.54, 1.807) is 6.20 Å². The monoisotopic (exact) mass is 317 g/mol. The van der Waals surface area contributed by atoms with E-state index in [1.165, 1.54) is 5.56 Å². The lowest BCUT2D eigenvalue weighted by atomic mass is 9.99. The highest BCUT2D eigenvalue weighted by Gasteiger charge is 2.06. The second kappa shape index (κ2) is 7.58. The minimum atomic E-state index is 0.180. The predicted molar refractivity (Wildman–Crippen MR) is 93.3 cm³/mol. The van der Waals surface area contributed by atoms with Gasteiger partial charge in [-0.2, -0.15) is 5.26 Å². The van der Waals surface area contributed by atoms with Crippen LogP contribution in [0.3, 0.4) is 0 Å². The van der Waals surface area contributed by atoms with E-state index in [9.17, 15) is 5.26 Å². The zero-order valence-electron chi connectivity index (χ0n) is 13.4. The van der Waals surface area contributed by atoms with Gasteiger partial charge in [0, 0.05) is 32.0 Å². The van der Waals surface area contributed by atoms with Gasteiger partial charge in [-0.05, 0) is 29.2 Å². The number of hydrogen-bond acceptors (Lipinski definition) is 3. The van der Waals surface area contributed by atoms with Crippen LogP contribution in [0.25, 0.3) is 11.1 Å². The Bertz CT molecular complexity index is 844. The van der Waals surface area contributed by atoms with Crippen molar-refractivity contribution in [2.45, 2.75) is 19.4 Å². The molecule has 1 N–H and O–H groups in total. The smallest absolute Gasteiger partial charge is 0.109 e. The van der Waals surface area contributed by atoms with E-state index < -0.39 is 0 Å². The molecule has 0 amide bonds. The van der Waals surface area contributed by atoms with Gasteiger partial charge in [0.1, 0.15) is 5.82 Å². The Hall–Kier alpha value is -2.90. The molecule has 3 aromatic rings. The van der Waals surface area contributed by atoms with Crippen molar-refractivity contribution >= 4 is 0 Å². The zero-order valence-corrected chi connectivity index (χ0v) is 13.4. The zero-order chi connectivity index (χ0) is 16.8. The number of aryl methyl sites for hydroxylation is 1. The maximum Gasteiger partial charge on any atom is 0.109 e. The van der Waals surface area contributed by atoms with Gasteiger partial charge >= 0.3 is 0 Å². The molecule has 0 unspecified atom stereocenters. The van der Waals surface area contributed by atoms with E-state index in [-0.39, 0.29) is 6.61 Å². The highest BCUT2D eigenvalue weighted by atomic mass is 16.2. The van der Waals surface area contributed by atoms with E-state index in [2.05, 4.69) is 39.9 Å². The highest BCUT2D eigenvalue weighted by molar-refractivity contribution is 5.70. The van der Waals surface area contributed by atoms with Crippen molar-refractivity contribution in [1.29, 1.82) is 5.26 Å². The van der Waals surface area contributed by atoms with Crippen LogP contribution in [0.5, 0.6) is 0 Å². The van der Waals surface area contributed by atoms with Gasteiger partial charge in [-0.25, -0.2) is 4.98 Å². The maximum atomic E-state index is 9.23. The summed E-state index contributed by atoms with van der Waals surface area (Å²) >= 11 is 0. The Morgan fingerprint density at radius 3 is 2.62 bits per heavy atom. The first-order chi connectivity index (χ1) is 11.8. The summed E-state index contributed by atoms with van der Waals surface area (Å²) in [7, 11) is 0. The number of nitriles is 1. The standard InChI is InChI=1S/C20H19N3O/c21-14-18-4-1-2-5-19(18)17-9-7-16(8-10-17)15-23-12-11-22-20(23)6-3-13-24/h1-2,4-5,7-12,24H,3,6,13,15H2. The number of aliphatic hydroxyl groups is 1. The first-order valence-electron chi connectivity index (χ1n) is 8.01. The number of aliphatic hydroxyl groups excluding tert-OH is 1. The Morgan fingerprint density at radius 1 is 1.08 bits per heavy atom. The average Bonchev–Trinajstić information content (AvgIpc) is 3.07. The van der Waals surface area contributed by atoms with Crippen molar-refractivity contribution in [1.82, 2.24) is 9.55 Å². The number of benzene rings is 2. The quantitative estimate of drug-likeness (QED) is 0.758. The number of aromatic nitrogens is 2. The predicted octanol–water partition coefficient (Wildman–Crippen LogP) is 3.39. The molecule has 2 aromatic carbocycles. The Morgan fingerprint density at radius 2 is 1.88 bits per heavy atom. The number of rotatable bonds is 6. The van der Waals surface area contributed by atoms with Gasteiger partial charge in [-0.15, -0.1) is 0 Å². The number of hydrogen-bond donors (Lipinski definition) is 1. The van der Waals surface area contributed by atoms with Gasteiger partial charge < -0.3 is 9.67 Å². The van der Waals surface area contributed by atoms with Crippen LogP contribution in [0, 0.1) is 11.3 Å². The second-order valence-electron chi connectivity index (χ2n) is 5.65. The van der Waals surface area contributed by atoms with E-state index in [0.29, 0.717) is 5.56 Å².